The van der Waals surface area contributed by atoms with Crippen molar-refractivity contribution in [3.8, 4) is 0 Å². The molecule has 2 fully saturated rings. The molecule has 0 bridgehead atoms. The predicted molar refractivity (Wildman–Crippen MR) is 124 cm³/mol. The topological polar surface area (TPSA) is 179 Å². The van der Waals surface area contributed by atoms with Crippen LogP contribution >= 0.6 is 0 Å². The number of aliphatic hydroxyl groups is 7. The quantitative estimate of drug-likeness (QED) is 0.142. The molecule has 0 aromatic carbocycles. The number of aliphatic hydroxyl groups excluding tert-OH is 7. The number of hydrogen-bond donors (Lipinski definition) is 7. The standard InChI is InChI=1S/C24H46O11/c1-3-5-6-7-8-9-11-14(10-4-2)32-23-21(31)19(29)22(16(13-26)34-23)35-24-20(30)18(28)17(27)15(12-25)33-24/h14-31H,3-13H2,1-2H3/t14?,15?,16?,17-,18?,19?,20?,21?,22-,23-,24-/m1/s1. The number of unbranched alkanes of at least 4 members (excludes halogenated alkanes) is 5. The van der Waals surface area contributed by atoms with Gasteiger partial charge in [0, 0.05) is 0 Å². The van der Waals surface area contributed by atoms with Crippen LogP contribution in [0.25, 0.3) is 0 Å². The largest absolute Gasteiger partial charge is 0.394 e. The third-order valence-corrected chi connectivity index (χ3v) is 6.78. The molecule has 2 aliphatic rings. The van der Waals surface area contributed by atoms with Crippen LogP contribution in [0.4, 0.5) is 0 Å². The smallest absolute Gasteiger partial charge is 0.187 e. The van der Waals surface area contributed by atoms with Gasteiger partial charge in [0.05, 0.1) is 19.3 Å². The molecule has 0 saturated carbocycles. The van der Waals surface area contributed by atoms with Crippen LogP contribution in [0, 0.1) is 0 Å². The van der Waals surface area contributed by atoms with Gasteiger partial charge in [-0.2, -0.15) is 0 Å². The molecule has 0 aliphatic carbocycles. The van der Waals surface area contributed by atoms with Crippen LogP contribution in [0.3, 0.4) is 0 Å². The van der Waals surface area contributed by atoms with Gasteiger partial charge in [-0.25, -0.2) is 0 Å². The Hall–Kier alpha value is -0.440. The highest BCUT2D eigenvalue weighted by atomic mass is 16.7. The second kappa shape index (κ2) is 15.7. The minimum absolute atomic E-state index is 0.180. The maximum absolute atomic E-state index is 10.8. The molecule has 7 unspecified atom stereocenters. The van der Waals surface area contributed by atoms with Crippen LogP contribution < -0.4 is 0 Å². The van der Waals surface area contributed by atoms with Gasteiger partial charge in [0.1, 0.15) is 48.8 Å². The van der Waals surface area contributed by atoms with Gasteiger partial charge in [-0.1, -0.05) is 58.8 Å². The van der Waals surface area contributed by atoms with Crippen molar-refractivity contribution in [2.75, 3.05) is 13.2 Å². The summed E-state index contributed by atoms with van der Waals surface area (Å²) >= 11 is 0. The lowest BCUT2D eigenvalue weighted by Gasteiger charge is -2.46. The van der Waals surface area contributed by atoms with Crippen molar-refractivity contribution in [3.05, 3.63) is 0 Å². The summed E-state index contributed by atoms with van der Waals surface area (Å²) in [5, 5.41) is 70.8. The lowest BCUT2D eigenvalue weighted by Crippen LogP contribution is -2.64. The predicted octanol–water partition coefficient (Wildman–Crippen LogP) is -0.454. The van der Waals surface area contributed by atoms with Crippen LogP contribution in [-0.4, -0.2) is 116 Å². The van der Waals surface area contributed by atoms with Crippen molar-refractivity contribution in [3.63, 3.8) is 0 Å². The van der Waals surface area contributed by atoms with E-state index in [-0.39, 0.29) is 6.10 Å². The molecule has 2 saturated heterocycles. The lowest BCUT2D eigenvalue weighted by molar-refractivity contribution is -0.363. The van der Waals surface area contributed by atoms with E-state index in [0.717, 1.165) is 38.5 Å². The van der Waals surface area contributed by atoms with E-state index in [0.29, 0.717) is 0 Å². The highest BCUT2D eigenvalue weighted by Gasteiger charge is 2.51. The molecule has 7 N–H and O–H groups in total. The van der Waals surface area contributed by atoms with Crippen molar-refractivity contribution in [1.29, 1.82) is 0 Å². The minimum Gasteiger partial charge on any atom is -0.394 e. The number of ether oxygens (including phenoxy) is 4. The Bertz CT molecular complexity index is 564. The first-order chi connectivity index (χ1) is 16.8. The molecule has 11 heteroatoms. The summed E-state index contributed by atoms with van der Waals surface area (Å²) in [6.07, 6.45) is -5.30. The van der Waals surface area contributed by atoms with E-state index in [1.165, 1.54) is 19.3 Å². The van der Waals surface area contributed by atoms with Gasteiger partial charge in [0.15, 0.2) is 12.6 Å². The Kier molecular flexibility index (Phi) is 13.8. The molecule has 0 radical (unpaired) electrons. The van der Waals surface area contributed by atoms with Crippen LogP contribution in [0.15, 0.2) is 0 Å². The Morgan fingerprint density at radius 2 is 1.23 bits per heavy atom. The first-order valence-corrected chi connectivity index (χ1v) is 13.0. The summed E-state index contributed by atoms with van der Waals surface area (Å²) < 4.78 is 22.7. The summed E-state index contributed by atoms with van der Waals surface area (Å²) in [6.45, 7) is 2.98. The third kappa shape index (κ3) is 8.54. The van der Waals surface area contributed by atoms with Crippen LogP contribution in [0.1, 0.15) is 71.6 Å². The molecule has 11 atom stereocenters. The van der Waals surface area contributed by atoms with Crippen molar-refractivity contribution in [2.45, 2.75) is 139 Å². The van der Waals surface area contributed by atoms with Crippen LogP contribution in [-0.2, 0) is 18.9 Å². The molecule has 0 spiro atoms. The number of rotatable bonds is 15. The van der Waals surface area contributed by atoms with Crippen LogP contribution in [0.5, 0.6) is 0 Å². The van der Waals surface area contributed by atoms with E-state index in [4.69, 9.17) is 18.9 Å². The van der Waals surface area contributed by atoms with E-state index in [2.05, 4.69) is 6.92 Å². The average molecular weight is 511 g/mol. The average Bonchev–Trinajstić information content (AvgIpc) is 2.85. The van der Waals surface area contributed by atoms with Crippen molar-refractivity contribution >= 4 is 0 Å². The Morgan fingerprint density at radius 3 is 1.86 bits per heavy atom. The maximum Gasteiger partial charge on any atom is 0.187 e. The first kappa shape index (κ1) is 30.8. The molecular weight excluding hydrogens is 464 g/mol. The minimum atomic E-state index is -1.70. The second-order valence-electron chi connectivity index (χ2n) is 9.61. The van der Waals surface area contributed by atoms with Gasteiger partial charge >= 0.3 is 0 Å². The Morgan fingerprint density at radius 1 is 0.629 bits per heavy atom. The normalized spacial score (nSPS) is 39.0. The SMILES string of the molecule is CCCCCCCCC(CCC)O[C@@H]1OC(CO)[C@@H](O[C@H]2OC(CO)[C@@H](O)C(O)C2O)C(O)C1O. The summed E-state index contributed by atoms with van der Waals surface area (Å²) in [7, 11) is 0. The molecule has 208 valence electrons. The summed E-state index contributed by atoms with van der Waals surface area (Å²) in [5.41, 5.74) is 0. The fraction of sp³-hybridized carbons (Fsp3) is 1.00. The fourth-order valence-electron chi connectivity index (χ4n) is 4.61. The zero-order valence-corrected chi connectivity index (χ0v) is 20.9. The highest BCUT2D eigenvalue weighted by Crippen LogP contribution is 2.30. The molecule has 2 aliphatic heterocycles. The molecular formula is C24H46O11. The van der Waals surface area contributed by atoms with Crippen molar-refractivity contribution < 1.29 is 54.7 Å². The summed E-state index contributed by atoms with van der Waals surface area (Å²) in [5.74, 6) is 0. The van der Waals surface area contributed by atoms with Crippen LogP contribution in [0.2, 0.25) is 0 Å². The first-order valence-electron chi connectivity index (χ1n) is 13.0. The second-order valence-corrected chi connectivity index (χ2v) is 9.61. The molecule has 0 amide bonds. The van der Waals surface area contributed by atoms with Gasteiger partial charge in [-0.05, 0) is 12.8 Å². The van der Waals surface area contributed by atoms with Gasteiger partial charge in [-0.15, -0.1) is 0 Å². The maximum atomic E-state index is 10.8. The Labute approximate surface area is 207 Å². The molecule has 2 heterocycles. The van der Waals surface area contributed by atoms with E-state index in [9.17, 15) is 35.7 Å². The molecule has 11 nitrogen and oxygen atoms in total. The van der Waals surface area contributed by atoms with E-state index >= 15 is 0 Å². The van der Waals surface area contributed by atoms with Crippen molar-refractivity contribution in [1.82, 2.24) is 0 Å². The summed E-state index contributed by atoms with van der Waals surface area (Å²) in [6, 6.07) is 0. The van der Waals surface area contributed by atoms with Gasteiger partial charge in [0.2, 0.25) is 0 Å². The monoisotopic (exact) mass is 510 g/mol. The summed E-state index contributed by atoms with van der Waals surface area (Å²) in [4.78, 5) is 0. The van der Waals surface area contributed by atoms with E-state index < -0.39 is 74.6 Å². The molecule has 0 aromatic rings. The lowest BCUT2D eigenvalue weighted by atomic mass is 9.97. The number of hydrogen-bond acceptors (Lipinski definition) is 11. The van der Waals surface area contributed by atoms with Gasteiger partial charge in [-0.3, -0.25) is 0 Å². The Balaban J connectivity index is 1.98. The van der Waals surface area contributed by atoms with Crippen molar-refractivity contribution in [2.24, 2.45) is 0 Å². The third-order valence-electron chi connectivity index (χ3n) is 6.78. The highest BCUT2D eigenvalue weighted by molar-refractivity contribution is 4.94. The zero-order valence-electron chi connectivity index (χ0n) is 20.9. The molecule has 2 rings (SSSR count). The molecule has 0 aromatic heterocycles. The fourth-order valence-corrected chi connectivity index (χ4v) is 4.61. The molecule has 35 heavy (non-hydrogen) atoms. The van der Waals surface area contributed by atoms with E-state index in [1.807, 2.05) is 6.92 Å². The van der Waals surface area contributed by atoms with Gasteiger partial charge < -0.3 is 54.7 Å². The van der Waals surface area contributed by atoms with E-state index in [1.54, 1.807) is 0 Å². The zero-order chi connectivity index (χ0) is 26.0. The van der Waals surface area contributed by atoms with Gasteiger partial charge in [0.25, 0.3) is 0 Å².